The van der Waals surface area contributed by atoms with Crippen LogP contribution in [0.3, 0.4) is 0 Å². The third-order valence-corrected chi connectivity index (χ3v) is 3.27. The maximum Gasteiger partial charge on any atom is 0.402 e. The van der Waals surface area contributed by atoms with Gasteiger partial charge in [0.1, 0.15) is 10.6 Å². The molecule has 0 saturated heterocycles. The minimum absolute atomic E-state index is 0.110. The number of alkyl halides is 4. The van der Waals surface area contributed by atoms with Crippen LogP contribution >= 0.6 is 15.9 Å². The summed E-state index contributed by atoms with van der Waals surface area (Å²) in [7, 11) is 3.19. The van der Waals surface area contributed by atoms with E-state index in [9.17, 15) is 13.2 Å². The second-order valence-electron chi connectivity index (χ2n) is 4.02. The van der Waals surface area contributed by atoms with Crippen molar-refractivity contribution in [3.8, 4) is 5.75 Å². The Morgan fingerprint density at radius 2 is 1.94 bits per heavy atom. The molecule has 0 bridgehead atoms. The lowest BCUT2D eigenvalue weighted by molar-refractivity contribution is -0.130. The van der Waals surface area contributed by atoms with E-state index < -0.39 is 11.0 Å². The molecule has 2 nitrogen and oxygen atoms in total. The van der Waals surface area contributed by atoms with Crippen molar-refractivity contribution >= 4 is 15.9 Å². The molecule has 0 spiro atoms. The van der Waals surface area contributed by atoms with Gasteiger partial charge in [0, 0.05) is 18.7 Å². The van der Waals surface area contributed by atoms with Crippen LogP contribution in [-0.4, -0.2) is 36.6 Å². The molecule has 0 aliphatic rings. The topological polar surface area (TPSA) is 12.5 Å². The molecular formula is C12H15BrF3NO. The van der Waals surface area contributed by atoms with Crippen molar-refractivity contribution < 1.29 is 17.9 Å². The third-order valence-electron chi connectivity index (χ3n) is 2.46. The lowest BCUT2D eigenvalue weighted by atomic mass is 10.2. The number of rotatable bonds is 5. The Balaban J connectivity index is 2.62. The quantitative estimate of drug-likeness (QED) is 0.769. The third kappa shape index (κ3) is 4.49. The number of hydrogen-bond donors (Lipinski definition) is 0. The summed E-state index contributed by atoms with van der Waals surface area (Å²) in [5, 5.41) is 0. The zero-order chi connectivity index (χ0) is 13.8. The van der Waals surface area contributed by atoms with Gasteiger partial charge < -0.3 is 9.64 Å². The molecule has 1 rings (SSSR count). The number of ether oxygens (including phenoxy) is 1. The van der Waals surface area contributed by atoms with Crippen LogP contribution in [0, 0.1) is 0 Å². The van der Waals surface area contributed by atoms with E-state index in [-0.39, 0.29) is 6.54 Å². The van der Waals surface area contributed by atoms with E-state index in [1.165, 1.54) is 0 Å². The summed E-state index contributed by atoms with van der Waals surface area (Å²) in [5.74, 6) is 0.683. The Hall–Kier alpha value is -0.750. The maximum absolute atomic E-state index is 12.4. The summed E-state index contributed by atoms with van der Waals surface area (Å²) in [5.41, 5.74) is 0.865. The molecule has 1 aromatic rings. The van der Waals surface area contributed by atoms with Gasteiger partial charge in [-0.1, -0.05) is 34.1 Å². The SMILES string of the molecule is COc1ccccc1CN(C)CC(Br)C(F)(F)F. The Kier molecular flexibility index (Phi) is 5.47. The molecule has 0 heterocycles. The molecule has 6 heteroatoms. The van der Waals surface area contributed by atoms with Gasteiger partial charge in [-0.25, -0.2) is 0 Å². The average Bonchev–Trinajstić information content (AvgIpc) is 2.28. The molecular weight excluding hydrogens is 311 g/mol. The fourth-order valence-corrected chi connectivity index (χ4v) is 2.06. The normalized spacial score (nSPS) is 13.7. The van der Waals surface area contributed by atoms with Gasteiger partial charge in [-0.3, -0.25) is 0 Å². The Morgan fingerprint density at radius 3 is 2.50 bits per heavy atom. The molecule has 1 aromatic carbocycles. The molecule has 0 aliphatic carbocycles. The van der Waals surface area contributed by atoms with Crippen molar-refractivity contribution in [1.82, 2.24) is 4.90 Å². The summed E-state index contributed by atoms with van der Waals surface area (Å²) in [6, 6.07) is 7.29. The fraction of sp³-hybridized carbons (Fsp3) is 0.500. The standard InChI is InChI=1S/C12H15BrF3NO/c1-17(8-11(13)12(14,15)16)7-9-5-3-4-6-10(9)18-2/h3-6,11H,7-8H2,1-2H3. The lowest BCUT2D eigenvalue weighted by Gasteiger charge is -2.22. The summed E-state index contributed by atoms with van der Waals surface area (Å²) in [6.45, 7) is 0.295. The van der Waals surface area contributed by atoms with Gasteiger partial charge in [0.05, 0.1) is 7.11 Å². The second kappa shape index (κ2) is 6.43. The van der Waals surface area contributed by atoms with Gasteiger partial charge in [0.2, 0.25) is 0 Å². The minimum Gasteiger partial charge on any atom is -0.496 e. The Morgan fingerprint density at radius 1 is 1.33 bits per heavy atom. The van der Waals surface area contributed by atoms with Crippen LogP contribution in [-0.2, 0) is 6.54 Å². The summed E-state index contributed by atoms with van der Waals surface area (Å²) in [4.78, 5) is 0.0785. The van der Waals surface area contributed by atoms with Gasteiger partial charge in [0.15, 0.2) is 0 Å². The van der Waals surface area contributed by atoms with E-state index >= 15 is 0 Å². The molecule has 18 heavy (non-hydrogen) atoms. The Bertz CT molecular complexity index is 384. The summed E-state index contributed by atoms with van der Waals surface area (Å²) in [6.07, 6.45) is -4.23. The van der Waals surface area contributed by atoms with E-state index in [0.717, 1.165) is 5.56 Å². The van der Waals surface area contributed by atoms with Gasteiger partial charge in [-0.15, -0.1) is 0 Å². The molecule has 0 saturated carbocycles. The van der Waals surface area contributed by atoms with E-state index in [2.05, 4.69) is 15.9 Å². The molecule has 1 atom stereocenters. The first-order valence-electron chi connectivity index (χ1n) is 5.36. The number of hydrogen-bond acceptors (Lipinski definition) is 2. The van der Waals surface area contributed by atoms with Crippen molar-refractivity contribution in [2.45, 2.75) is 17.5 Å². The molecule has 0 aromatic heterocycles. The molecule has 1 unspecified atom stereocenters. The molecule has 0 aliphatic heterocycles. The molecule has 0 N–H and O–H groups in total. The first kappa shape index (κ1) is 15.3. The highest BCUT2D eigenvalue weighted by Crippen LogP contribution is 2.27. The first-order valence-corrected chi connectivity index (χ1v) is 6.27. The molecule has 0 amide bonds. The lowest BCUT2D eigenvalue weighted by Crippen LogP contribution is -2.35. The van der Waals surface area contributed by atoms with E-state index in [0.29, 0.717) is 12.3 Å². The highest BCUT2D eigenvalue weighted by Gasteiger charge is 2.38. The van der Waals surface area contributed by atoms with Crippen LogP contribution in [0.15, 0.2) is 24.3 Å². The monoisotopic (exact) mass is 325 g/mol. The first-order chi connectivity index (χ1) is 8.34. The highest BCUT2D eigenvalue weighted by atomic mass is 79.9. The van der Waals surface area contributed by atoms with Gasteiger partial charge >= 0.3 is 6.18 Å². The van der Waals surface area contributed by atoms with Gasteiger partial charge in [-0.2, -0.15) is 13.2 Å². The fourth-order valence-electron chi connectivity index (χ4n) is 1.57. The van der Waals surface area contributed by atoms with Gasteiger partial charge in [-0.05, 0) is 13.1 Å². The Labute approximate surface area is 113 Å². The van der Waals surface area contributed by atoms with E-state index in [1.807, 2.05) is 18.2 Å². The summed E-state index contributed by atoms with van der Waals surface area (Å²) >= 11 is 2.65. The van der Waals surface area contributed by atoms with Crippen molar-refractivity contribution in [3.63, 3.8) is 0 Å². The number of methoxy groups -OCH3 is 1. The predicted octanol–water partition coefficient (Wildman–Crippen LogP) is 3.45. The zero-order valence-corrected chi connectivity index (χ0v) is 11.8. The van der Waals surface area contributed by atoms with Crippen molar-refractivity contribution in [3.05, 3.63) is 29.8 Å². The van der Waals surface area contributed by atoms with Crippen LogP contribution in [0.25, 0.3) is 0 Å². The number of nitrogens with zero attached hydrogens (tertiary/aromatic N) is 1. The largest absolute Gasteiger partial charge is 0.496 e. The van der Waals surface area contributed by atoms with Crippen LogP contribution < -0.4 is 4.74 Å². The smallest absolute Gasteiger partial charge is 0.402 e. The van der Waals surface area contributed by atoms with Crippen molar-refractivity contribution in [2.75, 3.05) is 20.7 Å². The van der Waals surface area contributed by atoms with Crippen LogP contribution in [0.1, 0.15) is 5.56 Å². The molecule has 102 valence electrons. The minimum atomic E-state index is -4.23. The number of halogens is 4. The average molecular weight is 326 g/mol. The van der Waals surface area contributed by atoms with Crippen molar-refractivity contribution in [2.24, 2.45) is 0 Å². The zero-order valence-electron chi connectivity index (χ0n) is 10.2. The van der Waals surface area contributed by atoms with Crippen LogP contribution in [0.2, 0.25) is 0 Å². The molecule has 0 fully saturated rings. The maximum atomic E-state index is 12.4. The van der Waals surface area contributed by atoms with Crippen LogP contribution in [0.5, 0.6) is 5.75 Å². The molecule has 0 radical (unpaired) electrons. The highest BCUT2D eigenvalue weighted by molar-refractivity contribution is 9.09. The van der Waals surface area contributed by atoms with E-state index in [1.54, 1.807) is 25.1 Å². The van der Waals surface area contributed by atoms with E-state index in [4.69, 9.17) is 4.74 Å². The second-order valence-corrected chi connectivity index (χ2v) is 5.12. The number of para-hydroxylation sites is 1. The predicted molar refractivity (Wildman–Crippen MR) is 68.1 cm³/mol. The van der Waals surface area contributed by atoms with Gasteiger partial charge in [0.25, 0.3) is 0 Å². The van der Waals surface area contributed by atoms with Crippen LogP contribution in [0.4, 0.5) is 13.2 Å². The summed E-state index contributed by atoms with van der Waals surface area (Å²) < 4.78 is 42.3. The van der Waals surface area contributed by atoms with Crippen molar-refractivity contribution in [1.29, 1.82) is 0 Å². The number of benzene rings is 1.